The molecule has 4 aliphatic carbocycles. The standard InChI is InChI=1S/C48H78B2N2Si6/c1-53(2,27-25-37-30-36-32-46(37)48(34-36)56(7,8)42-19-23-44(24-20-42)58(11,12)52-50)39-13-17-41(18-14-39)55(5,6)47-33-35-29-38(45(47)31-35)26-28-54(3,4)40-15-21-43(22-16-40)57(9,10)51-49/h13-24,35-38,45-50H,25-34H2,1-12H3. The van der Waals surface area contributed by atoms with Crippen molar-refractivity contribution >= 4 is 95.2 Å². The average Bonchev–Trinajstić information content (AvgIpc) is 4.02. The molecule has 0 amide bonds. The van der Waals surface area contributed by atoms with Crippen molar-refractivity contribution < 1.29 is 0 Å². The Labute approximate surface area is 363 Å². The van der Waals surface area contributed by atoms with Crippen LogP contribution in [-0.4, -0.2) is 64.0 Å². The van der Waals surface area contributed by atoms with Gasteiger partial charge in [0.1, 0.15) is 0 Å². The van der Waals surface area contributed by atoms with Crippen LogP contribution in [0.2, 0.25) is 102 Å². The first-order valence-electron chi connectivity index (χ1n) is 23.4. The van der Waals surface area contributed by atoms with Gasteiger partial charge in [0.25, 0.3) is 0 Å². The summed E-state index contributed by atoms with van der Waals surface area (Å²) in [7, 11) is -1.89. The first-order chi connectivity index (χ1) is 27.1. The molecule has 310 valence electrons. The van der Waals surface area contributed by atoms with Crippen LogP contribution in [0.25, 0.3) is 0 Å². The minimum absolute atomic E-state index is 0.937. The number of hydrogen-bond acceptors (Lipinski definition) is 2. The monoisotopic (exact) mass is 872 g/mol. The Hall–Kier alpha value is -1.31. The normalized spacial score (nSPS) is 27.6. The average molecular weight is 873 g/mol. The summed E-state index contributed by atoms with van der Waals surface area (Å²) in [5, 5.41) is 9.56. The molecule has 3 aromatic carbocycles. The van der Waals surface area contributed by atoms with Crippen molar-refractivity contribution in [2.24, 2.45) is 44.6 Å². The molecule has 7 rings (SSSR count). The summed E-state index contributed by atoms with van der Waals surface area (Å²) in [5.74, 6) is 5.74. The first-order valence-corrected chi connectivity index (χ1v) is 41.8. The Morgan fingerprint density at radius 2 is 0.707 bits per heavy atom. The molecule has 0 saturated heterocycles. The van der Waals surface area contributed by atoms with Gasteiger partial charge in [-0.2, -0.15) is 0 Å². The SMILES string of the molecule is B=N[Si](C)(C)c1ccc([Si](C)(C)CCC2CC3CC2C([Si](C)(C)c2ccc([Si](C)(C)CCC4CC5CC4C([Si](C)(C)c4ccc([Si](C)(C)N=B)cc4)C5)cc2)C3)cc1. The molecule has 0 spiro atoms. The second-order valence-electron chi connectivity index (χ2n) is 23.7. The zero-order valence-corrected chi connectivity index (χ0v) is 44.9. The van der Waals surface area contributed by atoms with E-state index in [1.165, 1.54) is 73.8 Å². The molecule has 10 heteroatoms. The molecule has 0 aliphatic heterocycles. The van der Waals surface area contributed by atoms with E-state index >= 15 is 0 Å². The van der Waals surface area contributed by atoms with E-state index < -0.39 is 48.8 Å². The molecule has 3 aromatic rings. The van der Waals surface area contributed by atoms with Crippen LogP contribution in [0.15, 0.2) is 81.9 Å². The van der Waals surface area contributed by atoms with Gasteiger partial charge in [0.05, 0.1) is 16.1 Å². The summed E-state index contributed by atoms with van der Waals surface area (Å²) in [4.78, 5) is 0. The molecule has 4 fully saturated rings. The molecule has 0 N–H and O–H groups in total. The van der Waals surface area contributed by atoms with E-state index in [0.717, 1.165) is 46.6 Å². The van der Waals surface area contributed by atoms with E-state index in [1.54, 1.807) is 20.7 Å². The van der Waals surface area contributed by atoms with Crippen LogP contribution in [0.1, 0.15) is 51.4 Å². The summed E-state index contributed by atoms with van der Waals surface area (Å²) in [5.41, 5.74) is 1.89. The van der Waals surface area contributed by atoms with Gasteiger partial charge in [-0.25, -0.2) is 0 Å². The Morgan fingerprint density at radius 3 is 1.00 bits per heavy atom. The second kappa shape index (κ2) is 16.4. The number of nitrogens with zero attached hydrogens (tertiary/aromatic N) is 2. The Morgan fingerprint density at radius 1 is 0.414 bits per heavy atom. The molecular formula is C48H78B2N2Si6. The summed E-state index contributed by atoms with van der Waals surface area (Å²) >= 11 is 0. The fraction of sp³-hybridized carbons (Fsp3) is 0.625. The van der Waals surface area contributed by atoms with E-state index in [4.69, 9.17) is 0 Å². The molecule has 0 radical (unpaired) electrons. The number of fused-ring (bicyclic) bond motifs is 4. The summed E-state index contributed by atoms with van der Waals surface area (Å²) in [6, 6.07) is 32.9. The van der Waals surface area contributed by atoms with Crippen molar-refractivity contribution in [3.63, 3.8) is 0 Å². The van der Waals surface area contributed by atoms with Crippen molar-refractivity contribution in [1.82, 2.24) is 0 Å². The van der Waals surface area contributed by atoms with Crippen molar-refractivity contribution in [3.8, 4) is 0 Å². The molecule has 0 aromatic heterocycles. The van der Waals surface area contributed by atoms with Gasteiger partial charge in [-0.1, -0.05) is 60.8 Å². The maximum absolute atomic E-state index is 4.53. The molecule has 8 unspecified atom stereocenters. The molecule has 4 aliphatic rings. The molecule has 4 saturated carbocycles. The fourth-order valence-electron chi connectivity index (χ4n) is 13.3. The molecular weight excluding hydrogens is 795 g/mol. The van der Waals surface area contributed by atoms with E-state index in [9.17, 15) is 0 Å². The van der Waals surface area contributed by atoms with Gasteiger partial charge in [0.15, 0.2) is 0 Å². The minimum atomic E-state index is -1.76. The zero-order valence-electron chi connectivity index (χ0n) is 38.9. The molecule has 0 heterocycles. The van der Waals surface area contributed by atoms with Crippen molar-refractivity contribution in [3.05, 3.63) is 72.8 Å². The van der Waals surface area contributed by atoms with Crippen LogP contribution in [0.5, 0.6) is 0 Å². The Bertz CT molecular complexity index is 1940. The predicted molar refractivity (Wildman–Crippen MR) is 276 cm³/mol. The predicted octanol–water partition coefficient (Wildman–Crippen LogP) is 9.35. The van der Waals surface area contributed by atoms with E-state index in [2.05, 4.69) is 176 Å². The summed E-state index contributed by atoms with van der Waals surface area (Å²) in [6.45, 7) is 30.7. The number of hydrogen-bond donors (Lipinski definition) is 0. The third kappa shape index (κ3) is 8.69. The quantitative estimate of drug-likeness (QED) is 0.128. The van der Waals surface area contributed by atoms with Gasteiger partial charge in [-0.15, -0.1) is 0 Å². The summed E-state index contributed by atoms with van der Waals surface area (Å²) in [6.07, 6.45) is 11.9. The second-order valence-corrected chi connectivity index (χ2v) is 50.9. The molecule has 2 nitrogen and oxygen atoms in total. The van der Waals surface area contributed by atoms with Crippen LogP contribution in [0.3, 0.4) is 0 Å². The Kier molecular flexibility index (Phi) is 12.7. The Balaban J connectivity index is 0.955. The van der Waals surface area contributed by atoms with Gasteiger partial charge in [0, 0.05) is 0 Å². The van der Waals surface area contributed by atoms with Gasteiger partial charge >= 0.3 is 282 Å². The van der Waals surface area contributed by atoms with Crippen LogP contribution in [0.4, 0.5) is 0 Å². The van der Waals surface area contributed by atoms with E-state index in [-0.39, 0.29) is 0 Å². The van der Waals surface area contributed by atoms with Gasteiger partial charge < -0.3 is 0 Å². The topological polar surface area (TPSA) is 24.7 Å². The number of benzene rings is 3. The zero-order chi connectivity index (χ0) is 42.1. The van der Waals surface area contributed by atoms with Crippen molar-refractivity contribution in [1.29, 1.82) is 0 Å². The van der Waals surface area contributed by atoms with Gasteiger partial charge in [-0.3, -0.25) is 0 Å². The van der Waals surface area contributed by atoms with E-state index in [0.29, 0.717) is 0 Å². The third-order valence-corrected chi connectivity index (χ3v) is 38.6. The summed E-state index contributed by atoms with van der Waals surface area (Å²) < 4.78 is 9.05. The molecule has 58 heavy (non-hydrogen) atoms. The fourth-order valence-corrected chi connectivity index (χ4v) is 28.2. The van der Waals surface area contributed by atoms with E-state index in [1.807, 2.05) is 0 Å². The van der Waals surface area contributed by atoms with Crippen LogP contribution >= 0.6 is 0 Å². The van der Waals surface area contributed by atoms with Crippen LogP contribution in [-0.2, 0) is 0 Å². The molecule has 8 atom stereocenters. The first kappa shape index (κ1) is 44.7. The van der Waals surface area contributed by atoms with Crippen molar-refractivity contribution in [2.75, 3.05) is 0 Å². The third-order valence-electron chi connectivity index (χ3n) is 17.9. The van der Waals surface area contributed by atoms with Gasteiger partial charge in [-0.05, 0) is 6.42 Å². The van der Waals surface area contributed by atoms with Crippen molar-refractivity contribution in [2.45, 2.75) is 153 Å². The molecule has 4 bridgehead atoms. The number of rotatable bonds is 16. The van der Waals surface area contributed by atoms with Gasteiger partial charge in [0.2, 0.25) is 0 Å². The maximum atomic E-state index is 4.53. The van der Waals surface area contributed by atoms with Crippen LogP contribution in [0, 0.1) is 35.5 Å². The van der Waals surface area contributed by atoms with Crippen LogP contribution < -0.4 is 31.1 Å².